The van der Waals surface area contributed by atoms with E-state index in [1.54, 1.807) is 0 Å². The van der Waals surface area contributed by atoms with Crippen molar-refractivity contribution in [2.24, 2.45) is 17.3 Å². The lowest BCUT2D eigenvalue weighted by atomic mass is 9.48. The molecule has 0 heterocycles. The maximum absolute atomic E-state index is 12.8. The predicted molar refractivity (Wildman–Crippen MR) is 159 cm³/mol. The van der Waals surface area contributed by atoms with Crippen LogP contribution in [0.3, 0.4) is 0 Å². The quantitative estimate of drug-likeness (QED) is 0.236. The van der Waals surface area contributed by atoms with E-state index in [4.69, 9.17) is 4.74 Å². The summed E-state index contributed by atoms with van der Waals surface area (Å²) in [4.78, 5) is 15.3. The fourth-order valence-electron chi connectivity index (χ4n) is 7.35. The number of aliphatic hydroxyl groups is 1. The van der Waals surface area contributed by atoms with Gasteiger partial charge in [-0.1, -0.05) is 53.1 Å². The molecule has 2 atom stereocenters. The van der Waals surface area contributed by atoms with E-state index in [0.29, 0.717) is 25.2 Å². The SMILES string of the molecule is CC(F)(F)C(=O)OCC12CC3CC(CC(O)(C3)C1)C2.Cc1ccc([S+](c2ccc(C)cc2)c2ccc(C)cc2)cc1. The second-order valence-electron chi connectivity index (χ2n) is 12.9. The van der Waals surface area contributed by atoms with E-state index in [-0.39, 0.29) is 22.9 Å². The van der Waals surface area contributed by atoms with Crippen LogP contribution in [0, 0.1) is 38.0 Å². The number of hydrogen-bond acceptors (Lipinski definition) is 3. The van der Waals surface area contributed by atoms with Gasteiger partial charge in [-0.25, -0.2) is 4.79 Å². The Morgan fingerprint density at radius 1 is 0.805 bits per heavy atom. The highest BCUT2D eigenvalue weighted by Gasteiger charge is 2.57. The van der Waals surface area contributed by atoms with Gasteiger partial charge in [0.2, 0.25) is 0 Å². The summed E-state index contributed by atoms with van der Waals surface area (Å²) in [5.74, 6) is -3.95. The molecule has 1 N–H and O–H groups in total. The van der Waals surface area contributed by atoms with Crippen molar-refractivity contribution in [2.45, 2.75) is 92.4 Å². The Hall–Kier alpha value is -2.70. The molecule has 0 spiro atoms. The van der Waals surface area contributed by atoms with Crippen LogP contribution in [0.1, 0.15) is 62.1 Å². The van der Waals surface area contributed by atoms with Crippen molar-refractivity contribution in [2.75, 3.05) is 6.61 Å². The first-order valence-corrected chi connectivity index (χ1v) is 15.8. The third-order valence-electron chi connectivity index (χ3n) is 8.79. The first-order valence-electron chi connectivity index (χ1n) is 14.5. The van der Waals surface area contributed by atoms with Gasteiger partial charge in [0.1, 0.15) is 0 Å². The summed E-state index contributed by atoms with van der Waals surface area (Å²) in [5, 5.41) is 10.5. The molecule has 3 aromatic rings. The van der Waals surface area contributed by atoms with Crippen molar-refractivity contribution in [3.63, 3.8) is 0 Å². The third-order valence-corrected chi connectivity index (χ3v) is 11.0. The molecule has 4 aliphatic carbocycles. The normalized spacial score (nSPS) is 26.4. The van der Waals surface area contributed by atoms with Crippen LogP contribution >= 0.6 is 0 Å². The van der Waals surface area contributed by atoms with Crippen LogP contribution in [0.15, 0.2) is 87.5 Å². The van der Waals surface area contributed by atoms with Crippen molar-refractivity contribution in [3.8, 4) is 0 Å². The Kier molecular flexibility index (Phi) is 8.37. The van der Waals surface area contributed by atoms with Gasteiger partial charge >= 0.3 is 11.9 Å². The third kappa shape index (κ3) is 7.03. The molecule has 3 nitrogen and oxygen atoms in total. The summed E-state index contributed by atoms with van der Waals surface area (Å²) in [5.41, 5.74) is 3.01. The molecular formula is C35H41F2O3S+. The van der Waals surface area contributed by atoms with E-state index in [2.05, 4.69) is 93.6 Å². The van der Waals surface area contributed by atoms with E-state index in [1.165, 1.54) is 31.4 Å². The molecule has 7 rings (SSSR count). The number of carbonyl (C=O) groups is 1. The lowest BCUT2D eigenvalue weighted by molar-refractivity contribution is -0.197. The molecule has 0 saturated heterocycles. The largest absolute Gasteiger partial charge is 0.461 e. The molecule has 4 aliphatic rings. The fraction of sp³-hybridized carbons (Fsp3) is 0.457. The topological polar surface area (TPSA) is 46.5 Å². The minimum Gasteiger partial charge on any atom is -0.461 e. The maximum atomic E-state index is 12.8. The summed E-state index contributed by atoms with van der Waals surface area (Å²) in [6, 6.07) is 26.8. The molecule has 0 aliphatic heterocycles. The molecule has 41 heavy (non-hydrogen) atoms. The van der Waals surface area contributed by atoms with E-state index < -0.39 is 17.5 Å². The number of rotatable bonds is 6. The van der Waals surface area contributed by atoms with Crippen LogP contribution in [0.5, 0.6) is 0 Å². The molecule has 3 aromatic carbocycles. The highest BCUT2D eigenvalue weighted by molar-refractivity contribution is 7.97. The van der Waals surface area contributed by atoms with Crippen molar-refractivity contribution in [1.82, 2.24) is 0 Å². The summed E-state index contributed by atoms with van der Waals surface area (Å²) in [6.07, 6.45) is 5.16. The van der Waals surface area contributed by atoms with Crippen molar-refractivity contribution >= 4 is 16.9 Å². The molecule has 4 bridgehead atoms. The molecule has 4 saturated carbocycles. The van der Waals surface area contributed by atoms with Gasteiger partial charge in [0, 0.05) is 12.3 Å². The highest BCUT2D eigenvalue weighted by atomic mass is 32.2. The van der Waals surface area contributed by atoms with Gasteiger partial charge in [-0.2, -0.15) is 8.78 Å². The molecule has 0 aromatic heterocycles. The Labute approximate surface area is 245 Å². The standard InChI is InChI=1S/C21H21S.C14H20F2O3/c1-16-4-10-19(11-5-16)22(20-12-6-17(2)7-13-20)21-14-8-18(3)9-15-21;1-12(15,16)11(17)19-8-13-3-9-2-10(4-13)6-14(18,5-9)7-13/h4-15H,1-3H3;9-10,18H,2-8H2,1H3/q+1;. The smallest absolute Gasteiger partial charge is 0.376 e. The number of alkyl halides is 2. The van der Waals surface area contributed by atoms with Crippen LogP contribution in [-0.2, 0) is 20.4 Å². The molecular weight excluding hydrogens is 538 g/mol. The number of esters is 1. The van der Waals surface area contributed by atoms with Gasteiger partial charge < -0.3 is 9.84 Å². The van der Waals surface area contributed by atoms with Crippen LogP contribution in [0.4, 0.5) is 8.78 Å². The zero-order valence-corrected chi connectivity index (χ0v) is 25.3. The van der Waals surface area contributed by atoms with Crippen molar-refractivity contribution in [3.05, 3.63) is 89.5 Å². The Morgan fingerprint density at radius 2 is 1.20 bits per heavy atom. The van der Waals surface area contributed by atoms with Crippen LogP contribution in [0.25, 0.3) is 0 Å². The predicted octanol–water partition coefficient (Wildman–Crippen LogP) is 8.22. The monoisotopic (exact) mass is 579 g/mol. The summed E-state index contributed by atoms with van der Waals surface area (Å²) < 4.78 is 30.5. The van der Waals surface area contributed by atoms with E-state index in [0.717, 1.165) is 32.1 Å². The average Bonchev–Trinajstić information content (AvgIpc) is 2.89. The van der Waals surface area contributed by atoms with Crippen LogP contribution in [-0.4, -0.2) is 29.2 Å². The minimum atomic E-state index is -3.43. The molecule has 218 valence electrons. The Balaban J connectivity index is 0.000000166. The summed E-state index contributed by atoms with van der Waals surface area (Å²) in [6.45, 7) is 7.01. The number of benzene rings is 3. The van der Waals surface area contributed by atoms with Crippen LogP contribution < -0.4 is 0 Å². The first kappa shape index (κ1) is 29.8. The summed E-state index contributed by atoms with van der Waals surface area (Å²) in [7, 11) is -0.0394. The van der Waals surface area contributed by atoms with Gasteiger partial charge in [-0.3, -0.25) is 0 Å². The first-order chi connectivity index (χ1) is 19.3. The number of halogens is 2. The molecule has 6 heteroatoms. The zero-order chi connectivity index (χ0) is 29.4. The van der Waals surface area contributed by atoms with Gasteiger partial charge in [-0.05, 0) is 108 Å². The highest BCUT2D eigenvalue weighted by Crippen LogP contribution is 2.61. The second-order valence-corrected chi connectivity index (χ2v) is 14.9. The number of ether oxygens (including phenoxy) is 1. The fourth-order valence-corrected chi connectivity index (χ4v) is 9.39. The van der Waals surface area contributed by atoms with E-state index in [9.17, 15) is 18.7 Å². The van der Waals surface area contributed by atoms with E-state index >= 15 is 0 Å². The van der Waals surface area contributed by atoms with Crippen molar-refractivity contribution < 1.29 is 23.4 Å². The average molecular weight is 580 g/mol. The van der Waals surface area contributed by atoms with Crippen molar-refractivity contribution in [1.29, 1.82) is 0 Å². The number of aryl methyl sites for hydroxylation is 3. The van der Waals surface area contributed by atoms with Gasteiger partial charge in [-0.15, -0.1) is 0 Å². The zero-order valence-electron chi connectivity index (χ0n) is 24.5. The Morgan fingerprint density at radius 3 is 1.54 bits per heavy atom. The molecule has 4 fully saturated rings. The molecule has 0 amide bonds. The number of hydrogen-bond donors (Lipinski definition) is 1. The van der Waals surface area contributed by atoms with Gasteiger partial charge in [0.15, 0.2) is 14.7 Å². The lowest BCUT2D eigenvalue weighted by Crippen LogP contribution is -2.57. The minimum absolute atomic E-state index is 0.0323. The number of carbonyl (C=O) groups excluding carboxylic acids is 1. The Bertz CT molecular complexity index is 1220. The van der Waals surface area contributed by atoms with Gasteiger partial charge in [0.25, 0.3) is 0 Å². The lowest BCUT2D eigenvalue weighted by Gasteiger charge is -2.59. The second kappa shape index (κ2) is 11.5. The van der Waals surface area contributed by atoms with Crippen LogP contribution in [0.2, 0.25) is 0 Å². The summed E-state index contributed by atoms with van der Waals surface area (Å²) >= 11 is 0. The van der Waals surface area contributed by atoms with E-state index in [1.807, 2.05) is 0 Å². The molecule has 2 unspecified atom stereocenters. The molecule has 0 radical (unpaired) electrons. The van der Waals surface area contributed by atoms with Gasteiger partial charge in [0.05, 0.1) is 23.1 Å². The maximum Gasteiger partial charge on any atom is 0.376 e.